The van der Waals surface area contributed by atoms with Gasteiger partial charge in [-0.05, 0) is 36.3 Å². The Morgan fingerprint density at radius 1 is 1.26 bits per heavy atom. The first-order chi connectivity index (χ1) is 14.7. The molecular weight excluding hydrogens is 422 g/mol. The lowest BCUT2D eigenvalue weighted by molar-refractivity contribution is -0.116. The Bertz CT molecular complexity index is 1020. The van der Waals surface area contributed by atoms with Gasteiger partial charge >= 0.3 is 6.09 Å². The number of hydrogen-bond donors (Lipinski definition) is 2. The van der Waals surface area contributed by atoms with Crippen LogP contribution < -0.4 is 14.5 Å². The molecule has 0 atom stereocenters. The van der Waals surface area contributed by atoms with Crippen molar-refractivity contribution in [1.82, 2.24) is 4.72 Å². The number of carbonyl (C=O) groups is 2. The molecule has 31 heavy (non-hydrogen) atoms. The van der Waals surface area contributed by atoms with Gasteiger partial charge in [-0.1, -0.05) is 25.3 Å². The largest absolute Gasteiger partial charge is 0.449 e. The molecule has 0 fully saturated rings. The summed E-state index contributed by atoms with van der Waals surface area (Å²) in [4.78, 5) is 27.3. The third-order valence-corrected chi connectivity index (χ3v) is 5.98. The fourth-order valence-corrected chi connectivity index (χ4v) is 3.92. The number of nitrogens with zero attached hydrogens (tertiary/aromatic N) is 2. The lowest BCUT2D eigenvalue weighted by Crippen LogP contribution is -2.46. The standard InChI is InChI=1S/C21H27N3O6S/c1-5-17(13-15(3)31(28,29)22-9-12-25)18-7-8-19-20(14-18)24(21(27)30-6-2)11-10-23(19)16(4)26/h5,7-8,13-14,22,25H,1,3,6,9-12H2,2,4H3/b17-13+. The molecule has 0 aliphatic carbocycles. The minimum atomic E-state index is -3.87. The maximum absolute atomic E-state index is 12.4. The van der Waals surface area contributed by atoms with Gasteiger partial charge in [0.2, 0.25) is 15.9 Å². The number of benzene rings is 1. The van der Waals surface area contributed by atoms with Gasteiger partial charge in [-0.15, -0.1) is 0 Å². The molecular formula is C21H27N3O6S. The predicted molar refractivity (Wildman–Crippen MR) is 120 cm³/mol. The number of fused-ring (bicyclic) bond motifs is 1. The van der Waals surface area contributed by atoms with Crippen LogP contribution >= 0.6 is 0 Å². The normalized spacial score (nSPS) is 14.1. The molecule has 0 spiro atoms. The highest BCUT2D eigenvalue weighted by Gasteiger charge is 2.30. The Morgan fingerprint density at radius 3 is 2.52 bits per heavy atom. The number of nitrogens with one attached hydrogen (secondary N) is 1. The molecule has 0 aromatic heterocycles. The van der Waals surface area contributed by atoms with Gasteiger partial charge in [0.1, 0.15) is 0 Å². The number of rotatable bonds is 8. The van der Waals surface area contributed by atoms with Crippen molar-refractivity contribution < 1.29 is 27.9 Å². The van der Waals surface area contributed by atoms with Crippen LogP contribution in [-0.2, 0) is 19.6 Å². The monoisotopic (exact) mass is 449 g/mol. The topological polar surface area (TPSA) is 116 Å². The molecule has 1 aliphatic heterocycles. The summed E-state index contributed by atoms with van der Waals surface area (Å²) in [5, 5.41) is 8.84. The van der Waals surface area contributed by atoms with Crippen LogP contribution in [0.2, 0.25) is 0 Å². The summed E-state index contributed by atoms with van der Waals surface area (Å²) in [7, 11) is -3.87. The maximum Gasteiger partial charge on any atom is 0.414 e. The quantitative estimate of drug-likeness (QED) is 0.587. The van der Waals surface area contributed by atoms with E-state index in [1.54, 1.807) is 30.0 Å². The average Bonchev–Trinajstić information content (AvgIpc) is 2.74. The second-order valence-electron chi connectivity index (χ2n) is 6.62. The van der Waals surface area contributed by atoms with E-state index >= 15 is 0 Å². The second kappa shape index (κ2) is 10.4. The minimum Gasteiger partial charge on any atom is -0.449 e. The van der Waals surface area contributed by atoms with E-state index in [-0.39, 0.29) is 37.1 Å². The Balaban J connectivity index is 2.51. The molecule has 0 unspecified atom stereocenters. The van der Waals surface area contributed by atoms with E-state index in [9.17, 15) is 18.0 Å². The summed E-state index contributed by atoms with van der Waals surface area (Å²) < 4.78 is 31.8. The Morgan fingerprint density at radius 2 is 1.94 bits per heavy atom. The summed E-state index contributed by atoms with van der Waals surface area (Å²) in [5.41, 5.74) is 2.05. The molecule has 10 heteroatoms. The molecule has 9 nitrogen and oxygen atoms in total. The summed E-state index contributed by atoms with van der Waals surface area (Å²) >= 11 is 0. The van der Waals surface area contributed by atoms with E-state index < -0.39 is 16.1 Å². The molecule has 168 valence electrons. The van der Waals surface area contributed by atoms with Crippen molar-refractivity contribution in [1.29, 1.82) is 0 Å². The number of allylic oxidation sites excluding steroid dienone is 3. The smallest absolute Gasteiger partial charge is 0.414 e. The van der Waals surface area contributed by atoms with Crippen molar-refractivity contribution in [3.8, 4) is 0 Å². The van der Waals surface area contributed by atoms with Crippen molar-refractivity contribution in [3.05, 3.63) is 54.0 Å². The molecule has 1 aromatic carbocycles. The van der Waals surface area contributed by atoms with Crippen molar-refractivity contribution in [3.63, 3.8) is 0 Å². The highest BCUT2D eigenvalue weighted by Crippen LogP contribution is 2.36. The molecule has 0 saturated heterocycles. The highest BCUT2D eigenvalue weighted by atomic mass is 32.2. The Labute approximate surface area is 182 Å². The molecule has 1 aromatic rings. The van der Waals surface area contributed by atoms with Crippen molar-refractivity contribution in [2.24, 2.45) is 0 Å². The van der Waals surface area contributed by atoms with E-state index in [0.29, 0.717) is 29.1 Å². The van der Waals surface area contributed by atoms with Crippen LogP contribution in [0.4, 0.5) is 16.2 Å². The summed E-state index contributed by atoms with van der Waals surface area (Å²) in [6.45, 7) is 10.8. The van der Waals surface area contributed by atoms with Crippen LogP contribution in [0.5, 0.6) is 0 Å². The van der Waals surface area contributed by atoms with Gasteiger partial charge in [0.05, 0.1) is 29.5 Å². The number of sulfonamides is 1. The van der Waals surface area contributed by atoms with E-state index in [4.69, 9.17) is 9.84 Å². The van der Waals surface area contributed by atoms with Crippen LogP contribution in [-0.4, -0.2) is 58.4 Å². The number of carbonyl (C=O) groups excluding carboxylic acids is 2. The molecule has 2 N–H and O–H groups in total. The van der Waals surface area contributed by atoms with Crippen molar-refractivity contribution in [2.75, 3.05) is 42.6 Å². The molecule has 0 bridgehead atoms. The third kappa shape index (κ3) is 5.60. The van der Waals surface area contributed by atoms with Crippen LogP contribution in [0.1, 0.15) is 19.4 Å². The number of amides is 2. The first kappa shape index (κ1) is 24.3. The van der Waals surface area contributed by atoms with Gasteiger partial charge in [-0.2, -0.15) is 0 Å². The van der Waals surface area contributed by atoms with Crippen molar-refractivity contribution >= 4 is 39.0 Å². The zero-order chi connectivity index (χ0) is 23.2. The van der Waals surface area contributed by atoms with Gasteiger partial charge < -0.3 is 14.7 Å². The Hall–Kier alpha value is -2.95. The lowest BCUT2D eigenvalue weighted by Gasteiger charge is -2.35. The van der Waals surface area contributed by atoms with Gasteiger partial charge in [-0.25, -0.2) is 17.9 Å². The summed E-state index contributed by atoms with van der Waals surface area (Å²) in [5.74, 6) is -0.161. The third-order valence-electron chi connectivity index (χ3n) is 4.59. The van der Waals surface area contributed by atoms with Gasteiger partial charge in [0.25, 0.3) is 0 Å². The van der Waals surface area contributed by atoms with Gasteiger partial charge in [0, 0.05) is 26.6 Å². The first-order valence-electron chi connectivity index (χ1n) is 9.66. The van der Waals surface area contributed by atoms with Crippen LogP contribution in [0.25, 0.3) is 5.57 Å². The zero-order valence-electron chi connectivity index (χ0n) is 17.6. The number of anilines is 2. The molecule has 0 saturated carbocycles. The summed E-state index contributed by atoms with van der Waals surface area (Å²) in [6.07, 6.45) is 2.28. The first-order valence-corrected chi connectivity index (χ1v) is 11.1. The van der Waals surface area contributed by atoms with Crippen LogP contribution in [0.15, 0.2) is 48.4 Å². The highest BCUT2D eigenvalue weighted by molar-refractivity contribution is 7.93. The van der Waals surface area contributed by atoms with Gasteiger partial charge in [-0.3, -0.25) is 9.69 Å². The van der Waals surface area contributed by atoms with Crippen molar-refractivity contribution in [2.45, 2.75) is 13.8 Å². The second-order valence-corrected chi connectivity index (χ2v) is 8.44. The lowest BCUT2D eigenvalue weighted by atomic mass is 10.0. The predicted octanol–water partition coefficient (Wildman–Crippen LogP) is 2.01. The average molecular weight is 450 g/mol. The Kier molecular flexibility index (Phi) is 8.14. The SMILES string of the molecule is C=C/C(=C\C(=C)S(=O)(=O)NCCO)c1ccc2c(c1)N(C(=O)OCC)CCN2C(C)=O. The zero-order valence-corrected chi connectivity index (χ0v) is 18.4. The molecule has 2 rings (SSSR count). The van der Waals surface area contributed by atoms with E-state index in [1.165, 1.54) is 24.0 Å². The molecule has 2 amide bonds. The number of hydrogen-bond acceptors (Lipinski definition) is 6. The molecule has 1 aliphatic rings. The summed E-state index contributed by atoms with van der Waals surface area (Å²) in [6, 6.07) is 5.07. The minimum absolute atomic E-state index is 0.132. The fraction of sp³-hybridized carbons (Fsp3) is 0.333. The van der Waals surface area contributed by atoms with Gasteiger partial charge in [0.15, 0.2) is 0 Å². The number of ether oxygens (including phenoxy) is 1. The molecule has 1 heterocycles. The maximum atomic E-state index is 12.4. The van der Waals surface area contributed by atoms with Crippen LogP contribution in [0, 0.1) is 0 Å². The van der Waals surface area contributed by atoms with Crippen LogP contribution in [0.3, 0.4) is 0 Å². The fourth-order valence-electron chi connectivity index (χ4n) is 3.09. The number of aliphatic hydroxyl groups is 1. The van der Waals surface area contributed by atoms with E-state index in [1.807, 2.05) is 0 Å². The van der Waals surface area contributed by atoms with E-state index in [0.717, 1.165) is 0 Å². The number of aliphatic hydroxyl groups excluding tert-OH is 1. The molecule has 0 radical (unpaired) electrons. The van der Waals surface area contributed by atoms with E-state index in [2.05, 4.69) is 17.9 Å².